The zero-order valence-electron chi connectivity index (χ0n) is 10.2. The van der Waals surface area contributed by atoms with Gasteiger partial charge in [-0.15, -0.1) is 0 Å². The van der Waals surface area contributed by atoms with Gasteiger partial charge in [0.2, 0.25) is 0 Å². The fourth-order valence-electron chi connectivity index (χ4n) is 1.89. The van der Waals surface area contributed by atoms with Crippen molar-refractivity contribution in [1.82, 2.24) is 0 Å². The van der Waals surface area contributed by atoms with Gasteiger partial charge in [0, 0.05) is 0 Å². The highest BCUT2D eigenvalue weighted by Crippen LogP contribution is 2.28. The van der Waals surface area contributed by atoms with E-state index in [-0.39, 0.29) is 0 Å². The molecule has 0 heterocycles. The summed E-state index contributed by atoms with van der Waals surface area (Å²) in [5.74, 6) is 0.234. The van der Waals surface area contributed by atoms with E-state index < -0.39 is 5.91 Å². The normalized spacial score (nSPS) is 10.2. The largest absolute Gasteiger partial charge is 0.493 e. The van der Waals surface area contributed by atoms with Crippen molar-refractivity contribution in [3.8, 4) is 5.75 Å². The fourth-order valence-corrected chi connectivity index (χ4v) is 1.89. The molecule has 1 aromatic carbocycles. The zero-order valence-corrected chi connectivity index (χ0v) is 10.2. The monoisotopic (exact) mass is 221 g/mol. The van der Waals surface area contributed by atoms with Crippen molar-refractivity contribution in [2.24, 2.45) is 5.73 Å². The molecule has 0 radical (unpaired) electrons. The van der Waals surface area contributed by atoms with Crippen LogP contribution >= 0.6 is 0 Å². The average Bonchev–Trinajstić information content (AvgIpc) is 2.28. The number of benzene rings is 1. The maximum atomic E-state index is 11.3. The smallest absolute Gasteiger partial charge is 0.252 e. The highest BCUT2D eigenvalue weighted by Gasteiger charge is 2.15. The van der Waals surface area contributed by atoms with E-state index in [9.17, 15) is 4.79 Å². The average molecular weight is 221 g/mol. The number of amides is 1. The molecule has 88 valence electrons. The van der Waals surface area contributed by atoms with Crippen LogP contribution in [-0.4, -0.2) is 12.5 Å². The summed E-state index contributed by atoms with van der Waals surface area (Å²) in [7, 11) is 0. The van der Waals surface area contributed by atoms with Crippen LogP contribution in [0, 0.1) is 0 Å². The Morgan fingerprint density at radius 2 is 1.94 bits per heavy atom. The molecule has 3 heteroatoms. The first kappa shape index (κ1) is 12.6. The molecule has 0 bridgehead atoms. The van der Waals surface area contributed by atoms with Crippen molar-refractivity contribution < 1.29 is 9.53 Å². The van der Waals surface area contributed by atoms with Gasteiger partial charge >= 0.3 is 0 Å². The van der Waals surface area contributed by atoms with Gasteiger partial charge in [-0.05, 0) is 37.0 Å². The van der Waals surface area contributed by atoms with Gasteiger partial charge in [0.25, 0.3) is 5.91 Å². The number of ether oxygens (including phenoxy) is 1. The minimum atomic E-state index is -0.430. The molecule has 0 aliphatic rings. The molecule has 1 aromatic rings. The number of aryl methyl sites for hydroxylation is 1. The van der Waals surface area contributed by atoms with Gasteiger partial charge in [0.1, 0.15) is 5.75 Å². The summed E-state index contributed by atoms with van der Waals surface area (Å²) in [6.07, 6.45) is 1.78. The molecule has 3 nitrogen and oxygen atoms in total. The SMILES string of the molecule is CCOc1c(C(N)=O)ccc(CC)c1CC. The van der Waals surface area contributed by atoms with Crippen molar-refractivity contribution in [1.29, 1.82) is 0 Å². The van der Waals surface area contributed by atoms with E-state index in [1.807, 2.05) is 13.0 Å². The maximum absolute atomic E-state index is 11.3. The summed E-state index contributed by atoms with van der Waals surface area (Å²) in [6.45, 7) is 6.60. The topological polar surface area (TPSA) is 52.3 Å². The van der Waals surface area contributed by atoms with Crippen LogP contribution in [0.15, 0.2) is 12.1 Å². The van der Waals surface area contributed by atoms with Gasteiger partial charge in [-0.25, -0.2) is 0 Å². The predicted molar refractivity (Wildman–Crippen MR) is 64.9 cm³/mol. The number of hydrogen-bond acceptors (Lipinski definition) is 2. The van der Waals surface area contributed by atoms with E-state index in [0.717, 1.165) is 18.4 Å². The first-order valence-corrected chi connectivity index (χ1v) is 5.72. The van der Waals surface area contributed by atoms with E-state index in [1.54, 1.807) is 6.07 Å². The van der Waals surface area contributed by atoms with Gasteiger partial charge in [-0.3, -0.25) is 4.79 Å². The van der Waals surface area contributed by atoms with Crippen molar-refractivity contribution in [3.63, 3.8) is 0 Å². The second kappa shape index (κ2) is 5.54. The van der Waals surface area contributed by atoms with Gasteiger partial charge in [0.05, 0.1) is 12.2 Å². The molecule has 2 N–H and O–H groups in total. The number of carbonyl (C=O) groups excluding carboxylic acids is 1. The van der Waals surface area contributed by atoms with Crippen molar-refractivity contribution in [2.45, 2.75) is 33.6 Å². The second-order valence-corrected chi connectivity index (χ2v) is 3.58. The molecule has 1 rings (SSSR count). The molecule has 16 heavy (non-hydrogen) atoms. The van der Waals surface area contributed by atoms with Crippen LogP contribution in [0.5, 0.6) is 5.75 Å². The van der Waals surface area contributed by atoms with Gasteiger partial charge in [-0.2, -0.15) is 0 Å². The zero-order chi connectivity index (χ0) is 12.1. The molecule has 0 spiro atoms. The predicted octanol–water partition coefficient (Wildman–Crippen LogP) is 2.31. The van der Waals surface area contributed by atoms with E-state index in [2.05, 4.69) is 13.8 Å². The van der Waals surface area contributed by atoms with Crippen molar-refractivity contribution in [2.75, 3.05) is 6.61 Å². The molecule has 0 saturated carbocycles. The molecule has 0 saturated heterocycles. The number of rotatable bonds is 5. The molecule has 0 unspecified atom stereocenters. The molecule has 0 atom stereocenters. The van der Waals surface area contributed by atoms with Crippen LogP contribution in [0.1, 0.15) is 42.3 Å². The molecule has 0 aliphatic heterocycles. The standard InChI is InChI=1S/C13H19NO2/c1-4-9-7-8-11(13(14)15)12(16-6-3)10(9)5-2/h7-8H,4-6H2,1-3H3,(H2,14,15). The fraction of sp³-hybridized carbons (Fsp3) is 0.462. The summed E-state index contributed by atoms with van der Waals surface area (Å²) in [6, 6.07) is 3.72. The summed E-state index contributed by atoms with van der Waals surface area (Å²) < 4.78 is 5.56. The van der Waals surface area contributed by atoms with E-state index in [4.69, 9.17) is 10.5 Å². The second-order valence-electron chi connectivity index (χ2n) is 3.58. The molecule has 0 aliphatic carbocycles. The minimum absolute atomic E-state index is 0.430. The van der Waals surface area contributed by atoms with Crippen molar-refractivity contribution in [3.05, 3.63) is 28.8 Å². The highest BCUT2D eigenvalue weighted by atomic mass is 16.5. The molecule has 1 amide bonds. The van der Waals surface area contributed by atoms with Gasteiger partial charge in [0.15, 0.2) is 0 Å². The molecule has 0 aromatic heterocycles. The number of hydrogen-bond donors (Lipinski definition) is 1. The first-order valence-electron chi connectivity index (χ1n) is 5.72. The quantitative estimate of drug-likeness (QED) is 0.829. The Kier molecular flexibility index (Phi) is 4.35. The van der Waals surface area contributed by atoms with E-state index in [1.165, 1.54) is 5.56 Å². The Morgan fingerprint density at radius 1 is 1.25 bits per heavy atom. The van der Waals surface area contributed by atoms with E-state index in [0.29, 0.717) is 17.9 Å². The lowest BCUT2D eigenvalue weighted by molar-refractivity contribution is 0.0996. The number of primary amides is 1. The van der Waals surface area contributed by atoms with Crippen LogP contribution in [0.25, 0.3) is 0 Å². The lowest BCUT2D eigenvalue weighted by Crippen LogP contribution is -2.15. The van der Waals surface area contributed by atoms with Crippen LogP contribution in [0.4, 0.5) is 0 Å². The first-order chi connectivity index (χ1) is 7.65. The number of nitrogens with two attached hydrogens (primary N) is 1. The van der Waals surface area contributed by atoms with Crippen LogP contribution < -0.4 is 10.5 Å². The van der Waals surface area contributed by atoms with E-state index >= 15 is 0 Å². The maximum Gasteiger partial charge on any atom is 0.252 e. The van der Waals surface area contributed by atoms with Gasteiger partial charge < -0.3 is 10.5 Å². The highest BCUT2D eigenvalue weighted by molar-refractivity contribution is 5.96. The minimum Gasteiger partial charge on any atom is -0.493 e. The Balaban J connectivity index is 3.37. The summed E-state index contributed by atoms with van der Waals surface area (Å²) in [5, 5.41) is 0. The van der Waals surface area contributed by atoms with Crippen LogP contribution in [-0.2, 0) is 12.8 Å². The lowest BCUT2D eigenvalue weighted by Gasteiger charge is -2.15. The summed E-state index contributed by atoms with van der Waals surface area (Å²) in [5.41, 5.74) is 8.14. The molecular formula is C13H19NO2. The Labute approximate surface area is 96.6 Å². The summed E-state index contributed by atoms with van der Waals surface area (Å²) in [4.78, 5) is 11.3. The Morgan fingerprint density at radius 3 is 2.38 bits per heavy atom. The third kappa shape index (κ3) is 2.35. The Bertz CT molecular complexity index is 386. The van der Waals surface area contributed by atoms with Crippen LogP contribution in [0.2, 0.25) is 0 Å². The van der Waals surface area contributed by atoms with Gasteiger partial charge in [-0.1, -0.05) is 19.9 Å². The van der Waals surface area contributed by atoms with Crippen LogP contribution in [0.3, 0.4) is 0 Å². The third-order valence-corrected chi connectivity index (χ3v) is 2.65. The Hall–Kier alpha value is -1.51. The molecule has 0 fully saturated rings. The third-order valence-electron chi connectivity index (χ3n) is 2.65. The number of carbonyl (C=O) groups is 1. The van der Waals surface area contributed by atoms with Crippen molar-refractivity contribution >= 4 is 5.91 Å². The lowest BCUT2D eigenvalue weighted by atomic mass is 9.98. The summed E-state index contributed by atoms with van der Waals surface area (Å²) >= 11 is 0. The molecular weight excluding hydrogens is 202 g/mol.